The van der Waals surface area contributed by atoms with E-state index in [2.05, 4.69) is 22.4 Å². The molecule has 0 saturated heterocycles. The van der Waals surface area contributed by atoms with Crippen molar-refractivity contribution in [1.82, 2.24) is 15.5 Å². The molecule has 5 nitrogen and oxygen atoms in total. The highest BCUT2D eigenvalue weighted by Gasteiger charge is 2.13. The van der Waals surface area contributed by atoms with E-state index in [4.69, 9.17) is 20.9 Å². The SMILES string of the molecule is CCNCCc1nc(-c2ccc(Cl)cc2OC)no1. The van der Waals surface area contributed by atoms with Gasteiger partial charge in [0.2, 0.25) is 11.7 Å². The highest BCUT2D eigenvalue weighted by Crippen LogP contribution is 2.30. The van der Waals surface area contributed by atoms with Gasteiger partial charge in [-0.25, -0.2) is 0 Å². The molecule has 6 heteroatoms. The average molecular weight is 282 g/mol. The van der Waals surface area contributed by atoms with Crippen LogP contribution in [-0.4, -0.2) is 30.3 Å². The summed E-state index contributed by atoms with van der Waals surface area (Å²) in [5, 5.41) is 7.78. The molecule has 0 aliphatic rings. The molecule has 0 aliphatic carbocycles. The molecule has 1 heterocycles. The van der Waals surface area contributed by atoms with Crippen LogP contribution in [0.4, 0.5) is 0 Å². The van der Waals surface area contributed by atoms with Crippen molar-refractivity contribution >= 4 is 11.6 Å². The van der Waals surface area contributed by atoms with E-state index >= 15 is 0 Å². The molecule has 0 bridgehead atoms. The van der Waals surface area contributed by atoms with Crippen molar-refractivity contribution in [1.29, 1.82) is 0 Å². The van der Waals surface area contributed by atoms with Gasteiger partial charge in [-0.15, -0.1) is 0 Å². The molecule has 102 valence electrons. The van der Waals surface area contributed by atoms with Crippen LogP contribution in [0.1, 0.15) is 12.8 Å². The van der Waals surface area contributed by atoms with Crippen molar-refractivity contribution in [2.45, 2.75) is 13.3 Å². The van der Waals surface area contributed by atoms with Gasteiger partial charge in [-0.3, -0.25) is 0 Å². The highest BCUT2D eigenvalue weighted by atomic mass is 35.5. The zero-order valence-electron chi connectivity index (χ0n) is 10.9. The molecule has 0 spiro atoms. The lowest BCUT2D eigenvalue weighted by atomic mass is 10.2. The minimum absolute atomic E-state index is 0.514. The largest absolute Gasteiger partial charge is 0.496 e. The van der Waals surface area contributed by atoms with Crippen LogP contribution in [0.25, 0.3) is 11.4 Å². The number of rotatable bonds is 6. The lowest BCUT2D eigenvalue weighted by Gasteiger charge is -2.04. The molecule has 1 aromatic carbocycles. The highest BCUT2D eigenvalue weighted by molar-refractivity contribution is 6.30. The summed E-state index contributed by atoms with van der Waals surface area (Å²) in [5.74, 6) is 1.75. The Kier molecular flexibility index (Phi) is 4.76. The van der Waals surface area contributed by atoms with Gasteiger partial charge in [0.1, 0.15) is 5.75 Å². The second-order valence-corrected chi connectivity index (χ2v) is 4.40. The first-order chi connectivity index (χ1) is 9.24. The van der Waals surface area contributed by atoms with Crippen LogP contribution in [0.2, 0.25) is 5.02 Å². The molecule has 2 aromatic rings. The van der Waals surface area contributed by atoms with Crippen LogP contribution in [0.5, 0.6) is 5.75 Å². The van der Waals surface area contributed by atoms with Crippen molar-refractivity contribution in [2.75, 3.05) is 20.2 Å². The fourth-order valence-electron chi connectivity index (χ4n) is 1.69. The Hall–Kier alpha value is -1.59. The van der Waals surface area contributed by atoms with E-state index in [9.17, 15) is 0 Å². The maximum absolute atomic E-state index is 5.92. The third-order valence-electron chi connectivity index (χ3n) is 2.64. The lowest BCUT2D eigenvalue weighted by molar-refractivity contribution is 0.376. The number of methoxy groups -OCH3 is 1. The maximum Gasteiger partial charge on any atom is 0.228 e. The Morgan fingerprint density at radius 1 is 1.42 bits per heavy atom. The molecule has 0 fully saturated rings. The predicted molar refractivity (Wildman–Crippen MR) is 73.5 cm³/mol. The standard InChI is InChI=1S/C13H16ClN3O2/c1-3-15-7-6-12-16-13(17-19-12)10-5-4-9(14)8-11(10)18-2/h4-5,8,15H,3,6-7H2,1-2H3. The minimum Gasteiger partial charge on any atom is -0.496 e. The quantitative estimate of drug-likeness (QED) is 0.825. The van der Waals surface area contributed by atoms with Crippen molar-refractivity contribution in [3.63, 3.8) is 0 Å². The van der Waals surface area contributed by atoms with E-state index in [0.29, 0.717) is 28.9 Å². The molecule has 0 radical (unpaired) electrons. The zero-order valence-corrected chi connectivity index (χ0v) is 11.7. The Bertz CT molecular complexity index is 542. The summed E-state index contributed by atoms with van der Waals surface area (Å²) < 4.78 is 10.5. The van der Waals surface area contributed by atoms with Gasteiger partial charge < -0.3 is 14.6 Å². The molecule has 0 amide bonds. The monoisotopic (exact) mass is 281 g/mol. The van der Waals surface area contributed by atoms with E-state index < -0.39 is 0 Å². The minimum atomic E-state index is 0.514. The van der Waals surface area contributed by atoms with Gasteiger partial charge >= 0.3 is 0 Å². The second kappa shape index (κ2) is 6.54. The lowest BCUT2D eigenvalue weighted by Crippen LogP contribution is -2.16. The van der Waals surface area contributed by atoms with E-state index in [1.54, 1.807) is 19.2 Å². The smallest absolute Gasteiger partial charge is 0.228 e. The van der Waals surface area contributed by atoms with Crippen molar-refractivity contribution in [2.24, 2.45) is 0 Å². The van der Waals surface area contributed by atoms with Gasteiger partial charge in [-0.2, -0.15) is 4.98 Å². The van der Waals surface area contributed by atoms with Gasteiger partial charge in [0.15, 0.2) is 0 Å². The molecular weight excluding hydrogens is 266 g/mol. The fraction of sp³-hybridized carbons (Fsp3) is 0.385. The molecule has 1 aromatic heterocycles. The van der Waals surface area contributed by atoms with Gasteiger partial charge in [-0.05, 0) is 24.7 Å². The number of likely N-dealkylation sites (N-methyl/N-ethyl adjacent to an activating group) is 1. The summed E-state index contributed by atoms with van der Waals surface area (Å²) in [5.41, 5.74) is 0.769. The van der Waals surface area contributed by atoms with Crippen LogP contribution >= 0.6 is 11.6 Å². The van der Waals surface area contributed by atoms with Crippen LogP contribution in [0.3, 0.4) is 0 Å². The number of nitrogens with zero attached hydrogens (tertiary/aromatic N) is 2. The first-order valence-electron chi connectivity index (χ1n) is 6.11. The number of aromatic nitrogens is 2. The molecular formula is C13H16ClN3O2. The van der Waals surface area contributed by atoms with Crippen LogP contribution in [-0.2, 0) is 6.42 Å². The number of nitrogens with one attached hydrogen (secondary N) is 1. The van der Waals surface area contributed by atoms with Crippen LogP contribution in [0.15, 0.2) is 22.7 Å². The topological polar surface area (TPSA) is 60.2 Å². The Morgan fingerprint density at radius 3 is 3.00 bits per heavy atom. The van der Waals surface area contributed by atoms with Crippen LogP contribution < -0.4 is 10.1 Å². The molecule has 1 N–H and O–H groups in total. The van der Waals surface area contributed by atoms with E-state index in [1.807, 2.05) is 6.07 Å². The number of hydrogen-bond acceptors (Lipinski definition) is 5. The Labute approximate surface area is 116 Å². The summed E-state index contributed by atoms with van der Waals surface area (Å²) in [6.07, 6.45) is 0.705. The summed E-state index contributed by atoms with van der Waals surface area (Å²) in [4.78, 5) is 4.35. The Balaban J connectivity index is 2.18. The average Bonchev–Trinajstić information content (AvgIpc) is 2.87. The van der Waals surface area contributed by atoms with Crippen LogP contribution in [0, 0.1) is 0 Å². The third kappa shape index (κ3) is 3.45. The summed E-state index contributed by atoms with van der Waals surface area (Å²) >= 11 is 5.92. The van der Waals surface area contributed by atoms with E-state index in [-0.39, 0.29) is 0 Å². The first-order valence-corrected chi connectivity index (χ1v) is 6.49. The molecule has 0 atom stereocenters. The number of hydrogen-bond donors (Lipinski definition) is 1. The second-order valence-electron chi connectivity index (χ2n) is 3.96. The predicted octanol–water partition coefficient (Wildman–Crippen LogP) is 2.55. The molecule has 2 rings (SSSR count). The van der Waals surface area contributed by atoms with Gasteiger partial charge in [0, 0.05) is 18.0 Å². The third-order valence-corrected chi connectivity index (χ3v) is 2.87. The molecule has 0 saturated carbocycles. The van der Waals surface area contributed by atoms with Gasteiger partial charge in [-0.1, -0.05) is 23.7 Å². The van der Waals surface area contributed by atoms with E-state index in [1.165, 1.54) is 0 Å². The van der Waals surface area contributed by atoms with Gasteiger partial charge in [0.25, 0.3) is 0 Å². The zero-order chi connectivity index (χ0) is 13.7. The van der Waals surface area contributed by atoms with E-state index in [0.717, 1.165) is 18.7 Å². The molecule has 0 unspecified atom stereocenters. The maximum atomic E-state index is 5.92. The number of benzene rings is 1. The summed E-state index contributed by atoms with van der Waals surface area (Å²) in [6.45, 7) is 3.79. The van der Waals surface area contributed by atoms with Crippen molar-refractivity contribution in [3.05, 3.63) is 29.1 Å². The number of halogens is 1. The van der Waals surface area contributed by atoms with Crippen molar-refractivity contribution in [3.8, 4) is 17.1 Å². The van der Waals surface area contributed by atoms with Gasteiger partial charge in [0.05, 0.1) is 12.7 Å². The number of ether oxygens (including phenoxy) is 1. The van der Waals surface area contributed by atoms with Crippen molar-refractivity contribution < 1.29 is 9.26 Å². The first kappa shape index (κ1) is 13.8. The molecule has 0 aliphatic heterocycles. The summed E-state index contributed by atoms with van der Waals surface area (Å²) in [6, 6.07) is 5.32. The fourth-order valence-corrected chi connectivity index (χ4v) is 1.85. The summed E-state index contributed by atoms with van der Waals surface area (Å²) in [7, 11) is 1.58. The molecule has 19 heavy (non-hydrogen) atoms. The Morgan fingerprint density at radius 2 is 2.26 bits per heavy atom. The normalized spacial score (nSPS) is 10.7.